The van der Waals surface area contributed by atoms with Crippen LogP contribution in [0.1, 0.15) is 44.8 Å². The van der Waals surface area contributed by atoms with Gasteiger partial charge in [-0.15, -0.1) is 11.8 Å². The summed E-state index contributed by atoms with van der Waals surface area (Å²) in [6.07, 6.45) is 2.10. The van der Waals surface area contributed by atoms with Gasteiger partial charge in [0.05, 0.1) is 0 Å². The Morgan fingerprint density at radius 3 is 2.11 bits per heavy atom. The van der Waals surface area contributed by atoms with Gasteiger partial charge >= 0.3 is 0 Å². The first kappa shape index (κ1) is 32.9. The molecule has 0 bridgehead atoms. The Labute approximate surface area is 278 Å². The Bertz CT molecular complexity index is 1890. The van der Waals surface area contributed by atoms with Crippen molar-refractivity contribution in [1.29, 1.82) is 0 Å². The molecular formula is C39H34FN3O3S. The largest absolute Gasteiger partial charge is 0.324 e. The monoisotopic (exact) mass is 643 g/mol. The Hall–Kier alpha value is -5.47. The first-order chi connectivity index (χ1) is 22.8. The molecule has 236 valence electrons. The van der Waals surface area contributed by atoms with Crippen LogP contribution in [0.15, 0.2) is 138 Å². The van der Waals surface area contributed by atoms with Crippen molar-refractivity contribution in [2.24, 2.45) is 0 Å². The molecule has 0 radical (unpaired) electrons. The normalized spacial score (nSPS) is 11.8. The summed E-state index contributed by atoms with van der Waals surface area (Å²) in [5, 5.41) is 8.04. The lowest BCUT2D eigenvalue weighted by Gasteiger charge is -2.20. The van der Waals surface area contributed by atoms with Crippen molar-refractivity contribution in [3.8, 4) is 0 Å². The molecule has 1 atom stereocenters. The summed E-state index contributed by atoms with van der Waals surface area (Å²) >= 11 is 1.40. The van der Waals surface area contributed by atoms with Crippen LogP contribution in [-0.4, -0.2) is 17.7 Å². The van der Waals surface area contributed by atoms with Gasteiger partial charge < -0.3 is 16.0 Å². The molecule has 0 aromatic heterocycles. The van der Waals surface area contributed by atoms with Crippen LogP contribution in [0.4, 0.5) is 15.8 Å². The molecule has 0 spiro atoms. The lowest BCUT2D eigenvalue weighted by Crippen LogP contribution is -2.30. The number of carbonyl (C=O) groups is 3. The molecule has 0 saturated heterocycles. The van der Waals surface area contributed by atoms with Crippen LogP contribution in [0.3, 0.4) is 0 Å². The number of para-hydroxylation sites is 1. The summed E-state index contributed by atoms with van der Waals surface area (Å²) < 4.78 is 14.5. The fraction of sp³-hybridized carbons (Fsp3) is 0.103. The van der Waals surface area contributed by atoms with E-state index >= 15 is 0 Å². The topological polar surface area (TPSA) is 87.3 Å². The van der Waals surface area contributed by atoms with Gasteiger partial charge in [-0.1, -0.05) is 91.9 Å². The maximum absolute atomic E-state index is 14.5. The molecule has 6 nitrogen and oxygen atoms in total. The van der Waals surface area contributed by atoms with E-state index in [1.165, 1.54) is 30.0 Å². The zero-order valence-corrected chi connectivity index (χ0v) is 26.8. The molecule has 1 unspecified atom stereocenters. The number of hydrogen-bond acceptors (Lipinski definition) is 4. The summed E-state index contributed by atoms with van der Waals surface area (Å²) in [6, 6.07) is 37.1. The Kier molecular flexibility index (Phi) is 11.0. The molecule has 3 N–H and O–H groups in total. The van der Waals surface area contributed by atoms with Gasteiger partial charge in [0.25, 0.3) is 11.8 Å². The Morgan fingerprint density at radius 1 is 0.766 bits per heavy atom. The van der Waals surface area contributed by atoms with Gasteiger partial charge in [-0.3, -0.25) is 14.4 Å². The third-order valence-corrected chi connectivity index (χ3v) is 8.69. The zero-order valence-electron chi connectivity index (χ0n) is 26.0. The van der Waals surface area contributed by atoms with Crippen molar-refractivity contribution in [3.05, 3.63) is 167 Å². The molecule has 5 aromatic rings. The number of anilines is 2. The number of benzene rings is 5. The predicted octanol–water partition coefficient (Wildman–Crippen LogP) is 8.58. The smallest absolute Gasteiger partial charge is 0.272 e. The first-order valence-corrected chi connectivity index (χ1v) is 16.1. The highest BCUT2D eigenvalue weighted by Crippen LogP contribution is 2.37. The van der Waals surface area contributed by atoms with E-state index in [2.05, 4.69) is 22.9 Å². The predicted molar refractivity (Wildman–Crippen MR) is 188 cm³/mol. The summed E-state index contributed by atoms with van der Waals surface area (Å²) in [4.78, 5) is 40.9. The Morgan fingerprint density at radius 2 is 1.43 bits per heavy atom. The minimum atomic E-state index is -0.621. The second-order valence-electron chi connectivity index (χ2n) is 10.7. The van der Waals surface area contributed by atoms with Gasteiger partial charge in [-0.2, -0.15) is 0 Å². The lowest BCUT2D eigenvalue weighted by atomic mass is 10.1. The van der Waals surface area contributed by atoms with Gasteiger partial charge in [-0.25, -0.2) is 4.39 Å². The van der Waals surface area contributed by atoms with Crippen molar-refractivity contribution in [1.82, 2.24) is 5.32 Å². The molecule has 47 heavy (non-hydrogen) atoms. The van der Waals surface area contributed by atoms with E-state index in [0.717, 1.165) is 33.7 Å². The SMILES string of the molecule is CCc1cccc(C)c1NC(=O)C(Sc1ccc(NC(=O)/C(=C/c2ccccc2F)NC(=O)c2ccccc2)cc1)c1ccccc1. The molecule has 0 saturated carbocycles. The summed E-state index contributed by atoms with van der Waals surface area (Å²) in [5.41, 5.74) is 4.60. The molecule has 0 aliphatic heterocycles. The minimum Gasteiger partial charge on any atom is -0.324 e. The first-order valence-electron chi connectivity index (χ1n) is 15.2. The number of thioether (sulfide) groups is 1. The van der Waals surface area contributed by atoms with E-state index in [-0.39, 0.29) is 17.2 Å². The van der Waals surface area contributed by atoms with Gasteiger partial charge in [0.2, 0.25) is 5.91 Å². The molecule has 0 fully saturated rings. The average molecular weight is 644 g/mol. The molecule has 8 heteroatoms. The zero-order chi connectivity index (χ0) is 33.2. The fourth-order valence-corrected chi connectivity index (χ4v) is 5.96. The average Bonchev–Trinajstić information content (AvgIpc) is 3.10. The van der Waals surface area contributed by atoms with Gasteiger partial charge in [0, 0.05) is 27.4 Å². The number of halogens is 1. The van der Waals surface area contributed by atoms with Crippen LogP contribution < -0.4 is 16.0 Å². The molecule has 0 aliphatic rings. The number of carbonyl (C=O) groups excluding carboxylic acids is 3. The third kappa shape index (κ3) is 8.62. The van der Waals surface area contributed by atoms with E-state index in [1.54, 1.807) is 54.6 Å². The van der Waals surface area contributed by atoms with Crippen LogP contribution in [0.2, 0.25) is 0 Å². The number of amides is 3. The maximum Gasteiger partial charge on any atom is 0.272 e. The van der Waals surface area contributed by atoms with Crippen molar-refractivity contribution in [2.45, 2.75) is 30.4 Å². The molecule has 5 rings (SSSR count). The number of aryl methyl sites for hydroxylation is 2. The number of nitrogens with one attached hydrogen (secondary N) is 3. The van der Waals surface area contributed by atoms with Gasteiger partial charge in [-0.05, 0) is 78.6 Å². The summed E-state index contributed by atoms with van der Waals surface area (Å²) in [6.45, 7) is 4.04. The minimum absolute atomic E-state index is 0.120. The second-order valence-corrected chi connectivity index (χ2v) is 11.9. The van der Waals surface area contributed by atoms with Gasteiger partial charge in [0.1, 0.15) is 16.8 Å². The van der Waals surface area contributed by atoms with E-state index in [1.807, 2.05) is 67.6 Å². The molecular weight excluding hydrogens is 610 g/mol. The highest BCUT2D eigenvalue weighted by atomic mass is 32.2. The van der Waals surface area contributed by atoms with Crippen LogP contribution in [0, 0.1) is 12.7 Å². The van der Waals surface area contributed by atoms with Crippen molar-refractivity contribution >= 4 is 46.9 Å². The van der Waals surface area contributed by atoms with E-state index in [4.69, 9.17) is 0 Å². The van der Waals surface area contributed by atoms with Crippen LogP contribution in [0.5, 0.6) is 0 Å². The van der Waals surface area contributed by atoms with Crippen molar-refractivity contribution in [2.75, 3.05) is 10.6 Å². The number of rotatable bonds is 11. The highest BCUT2D eigenvalue weighted by molar-refractivity contribution is 8.00. The summed E-state index contributed by atoms with van der Waals surface area (Å²) in [5.74, 6) is -1.79. The molecule has 0 aliphatic carbocycles. The van der Waals surface area contributed by atoms with E-state index in [0.29, 0.717) is 11.3 Å². The molecule has 5 aromatic carbocycles. The molecule has 0 heterocycles. The van der Waals surface area contributed by atoms with Crippen LogP contribution in [-0.2, 0) is 16.0 Å². The summed E-state index contributed by atoms with van der Waals surface area (Å²) in [7, 11) is 0. The highest BCUT2D eigenvalue weighted by Gasteiger charge is 2.24. The fourth-order valence-electron chi connectivity index (χ4n) is 4.93. The maximum atomic E-state index is 14.5. The second kappa shape index (κ2) is 15.7. The van der Waals surface area contributed by atoms with Crippen molar-refractivity contribution in [3.63, 3.8) is 0 Å². The number of hydrogen-bond donors (Lipinski definition) is 3. The molecule has 3 amide bonds. The van der Waals surface area contributed by atoms with Crippen molar-refractivity contribution < 1.29 is 18.8 Å². The quantitative estimate of drug-likeness (QED) is 0.0994. The standard InChI is InChI=1S/C39H34FN3O3S/c1-3-27-19-12-13-26(2)35(27)43-39(46)36(28-14-6-4-7-15-28)47-32-23-21-31(22-24-32)41-38(45)34(25-30-18-10-11-20-33(30)40)42-37(44)29-16-8-5-9-17-29/h4-25,36H,3H2,1-2H3,(H,41,45)(H,42,44)(H,43,46)/b34-25-. The Balaban J connectivity index is 1.35. The van der Waals surface area contributed by atoms with E-state index in [9.17, 15) is 18.8 Å². The van der Waals surface area contributed by atoms with Gasteiger partial charge in [0.15, 0.2) is 0 Å². The lowest BCUT2D eigenvalue weighted by molar-refractivity contribution is -0.116. The van der Waals surface area contributed by atoms with Crippen LogP contribution >= 0.6 is 11.8 Å². The van der Waals surface area contributed by atoms with Crippen LogP contribution in [0.25, 0.3) is 6.08 Å². The third-order valence-electron chi connectivity index (χ3n) is 7.43. The van der Waals surface area contributed by atoms with E-state index < -0.39 is 22.9 Å².